The number of nitrogens with one attached hydrogen (secondary N) is 1. The summed E-state index contributed by atoms with van der Waals surface area (Å²) in [6, 6.07) is 6.56. The number of benzene rings is 1. The lowest BCUT2D eigenvalue weighted by Crippen LogP contribution is -1.96. The van der Waals surface area contributed by atoms with Gasteiger partial charge in [-0.25, -0.2) is 9.37 Å². The van der Waals surface area contributed by atoms with Crippen molar-refractivity contribution in [2.75, 3.05) is 12.4 Å². The normalized spacial score (nSPS) is 10.0. The van der Waals surface area contributed by atoms with E-state index in [4.69, 9.17) is 4.74 Å². The Hall–Kier alpha value is -2.70. The van der Waals surface area contributed by atoms with E-state index in [0.29, 0.717) is 11.4 Å². The Morgan fingerprint density at radius 3 is 2.84 bits per heavy atom. The molecule has 0 amide bonds. The summed E-state index contributed by atoms with van der Waals surface area (Å²) in [4.78, 5) is 14.0. The van der Waals surface area contributed by atoms with E-state index in [-0.39, 0.29) is 11.5 Å². The van der Waals surface area contributed by atoms with Gasteiger partial charge in [0, 0.05) is 30.1 Å². The molecule has 1 heterocycles. The topological polar surface area (TPSA) is 77.3 Å². The first-order valence-electron chi connectivity index (χ1n) is 5.30. The van der Waals surface area contributed by atoms with Crippen molar-refractivity contribution in [2.24, 2.45) is 0 Å². The van der Waals surface area contributed by atoms with Gasteiger partial charge in [-0.05, 0) is 6.07 Å². The second-order valence-corrected chi connectivity index (χ2v) is 3.66. The molecule has 0 radical (unpaired) electrons. The van der Waals surface area contributed by atoms with Gasteiger partial charge >= 0.3 is 0 Å². The molecule has 0 saturated heterocycles. The molecule has 19 heavy (non-hydrogen) atoms. The molecular formula is C12H10FN3O3. The maximum absolute atomic E-state index is 13.3. The first-order chi connectivity index (χ1) is 9.08. The fourth-order valence-corrected chi connectivity index (χ4v) is 1.50. The third-order valence-electron chi connectivity index (χ3n) is 2.33. The van der Waals surface area contributed by atoms with Gasteiger partial charge in [0.1, 0.15) is 17.4 Å². The lowest BCUT2D eigenvalue weighted by molar-refractivity contribution is -0.384. The first kappa shape index (κ1) is 12.7. The molecule has 98 valence electrons. The van der Waals surface area contributed by atoms with Gasteiger partial charge in [-0.3, -0.25) is 10.1 Å². The zero-order chi connectivity index (χ0) is 13.8. The number of nitro groups is 1. The first-order valence-corrected chi connectivity index (χ1v) is 5.30. The summed E-state index contributed by atoms with van der Waals surface area (Å²) < 4.78 is 18.2. The molecule has 0 spiro atoms. The zero-order valence-electron chi connectivity index (χ0n) is 9.96. The molecule has 2 rings (SSSR count). The van der Waals surface area contributed by atoms with Crippen LogP contribution >= 0.6 is 0 Å². The Balaban J connectivity index is 2.28. The predicted octanol–water partition coefficient (Wildman–Crippen LogP) is 2.88. The molecule has 0 aliphatic rings. The summed E-state index contributed by atoms with van der Waals surface area (Å²) in [6.45, 7) is 0. The Morgan fingerprint density at radius 2 is 2.16 bits per heavy atom. The fraction of sp³-hybridized carbons (Fsp3) is 0.0833. The molecule has 0 fully saturated rings. The number of hydrogen-bond donors (Lipinski definition) is 1. The second-order valence-electron chi connectivity index (χ2n) is 3.66. The largest absolute Gasteiger partial charge is 0.497 e. The third-order valence-corrected chi connectivity index (χ3v) is 2.33. The highest BCUT2D eigenvalue weighted by Gasteiger charge is 2.08. The van der Waals surface area contributed by atoms with Crippen LogP contribution in [0.3, 0.4) is 0 Å². The summed E-state index contributed by atoms with van der Waals surface area (Å²) >= 11 is 0. The van der Waals surface area contributed by atoms with Gasteiger partial charge in [-0.1, -0.05) is 0 Å². The van der Waals surface area contributed by atoms with E-state index in [1.54, 1.807) is 6.07 Å². The van der Waals surface area contributed by atoms with Crippen LogP contribution in [0.5, 0.6) is 5.75 Å². The van der Waals surface area contributed by atoms with Crippen molar-refractivity contribution in [3.05, 3.63) is 52.5 Å². The highest BCUT2D eigenvalue weighted by Crippen LogP contribution is 2.23. The maximum atomic E-state index is 13.3. The van der Waals surface area contributed by atoms with Gasteiger partial charge in [-0.15, -0.1) is 0 Å². The molecule has 0 aliphatic heterocycles. The van der Waals surface area contributed by atoms with Gasteiger partial charge in [0.05, 0.1) is 18.1 Å². The van der Waals surface area contributed by atoms with E-state index in [1.807, 2.05) is 0 Å². The van der Waals surface area contributed by atoms with Crippen LogP contribution in [0.1, 0.15) is 0 Å². The number of nitrogens with zero attached hydrogens (tertiary/aromatic N) is 2. The third kappa shape index (κ3) is 3.15. The van der Waals surface area contributed by atoms with Crippen molar-refractivity contribution in [2.45, 2.75) is 0 Å². The number of anilines is 2. The number of halogens is 1. The summed E-state index contributed by atoms with van der Waals surface area (Å²) in [7, 11) is 1.42. The van der Waals surface area contributed by atoms with E-state index in [9.17, 15) is 14.5 Å². The van der Waals surface area contributed by atoms with Crippen molar-refractivity contribution in [1.82, 2.24) is 4.98 Å². The number of methoxy groups -OCH3 is 1. The Bertz CT molecular complexity index is 619. The zero-order valence-corrected chi connectivity index (χ0v) is 9.96. The molecule has 0 saturated carbocycles. The van der Waals surface area contributed by atoms with Crippen molar-refractivity contribution in [3.8, 4) is 5.75 Å². The van der Waals surface area contributed by atoms with Crippen LogP contribution < -0.4 is 10.1 Å². The minimum Gasteiger partial charge on any atom is -0.497 e. The Kier molecular flexibility index (Phi) is 3.56. The molecule has 1 N–H and O–H groups in total. The monoisotopic (exact) mass is 263 g/mol. The molecule has 1 aromatic heterocycles. The molecule has 0 aliphatic carbocycles. The number of ether oxygens (including phenoxy) is 1. The highest BCUT2D eigenvalue weighted by molar-refractivity contribution is 5.60. The highest BCUT2D eigenvalue weighted by atomic mass is 19.1. The smallest absolute Gasteiger partial charge is 0.274 e. The van der Waals surface area contributed by atoms with Gasteiger partial charge in [-0.2, -0.15) is 0 Å². The molecule has 7 heteroatoms. The van der Waals surface area contributed by atoms with E-state index >= 15 is 0 Å². The molecule has 0 bridgehead atoms. The van der Waals surface area contributed by atoms with Crippen LogP contribution in [-0.2, 0) is 0 Å². The maximum Gasteiger partial charge on any atom is 0.274 e. The quantitative estimate of drug-likeness (QED) is 0.677. The number of aromatic nitrogens is 1. The van der Waals surface area contributed by atoms with Gasteiger partial charge < -0.3 is 10.1 Å². The van der Waals surface area contributed by atoms with Gasteiger partial charge in [0.15, 0.2) is 0 Å². The molecule has 0 unspecified atom stereocenters. The van der Waals surface area contributed by atoms with Gasteiger partial charge in [0.2, 0.25) is 0 Å². The van der Waals surface area contributed by atoms with E-state index in [0.717, 1.165) is 0 Å². The fourth-order valence-electron chi connectivity index (χ4n) is 1.50. The Labute approximate surface area is 108 Å². The lowest BCUT2D eigenvalue weighted by atomic mass is 10.3. The molecular weight excluding hydrogens is 253 g/mol. The minimum atomic E-state index is -0.529. The minimum absolute atomic E-state index is 0.0964. The molecule has 2 aromatic rings. The SMILES string of the molecule is COc1cc(F)cc(Nc2cc([N+](=O)[O-])ccn2)c1. The van der Waals surface area contributed by atoms with Crippen molar-refractivity contribution in [3.63, 3.8) is 0 Å². The summed E-state index contributed by atoms with van der Waals surface area (Å²) in [5.41, 5.74) is 0.297. The summed E-state index contributed by atoms with van der Waals surface area (Å²) in [6.07, 6.45) is 1.30. The lowest BCUT2D eigenvalue weighted by Gasteiger charge is -2.07. The number of rotatable bonds is 4. The number of pyridine rings is 1. The van der Waals surface area contributed by atoms with Crippen LogP contribution in [0.2, 0.25) is 0 Å². The summed E-state index contributed by atoms with van der Waals surface area (Å²) in [5, 5.41) is 13.4. The van der Waals surface area contributed by atoms with Crippen LogP contribution in [0, 0.1) is 15.9 Å². The van der Waals surface area contributed by atoms with Crippen LogP contribution in [0.25, 0.3) is 0 Å². The van der Waals surface area contributed by atoms with E-state index in [2.05, 4.69) is 10.3 Å². The predicted molar refractivity (Wildman–Crippen MR) is 67.1 cm³/mol. The molecule has 6 nitrogen and oxygen atoms in total. The van der Waals surface area contributed by atoms with Crippen LogP contribution in [-0.4, -0.2) is 17.0 Å². The number of hydrogen-bond acceptors (Lipinski definition) is 5. The van der Waals surface area contributed by atoms with E-state index < -0.39 is 10.7 Å². The molecule has 0 atom stereocenters. The van der Waals surface area contributed by atoms with Crippen molar-refractivity contribution < 1.29 is 14.1 Å². The standard InChI is InChI=1S/C12H10FN3O3/c1-19-11-5-8(13)4-9(6-11)15-12-7-10(16(17)18)2-3-14-12/h2-7H,1H3,(H,14,15). The van der Waals surface area contributed by atoms with Crippen molar-refractivity contribution in [1.29, 1.82) is 0 Å². The van der Waals surface area contributed by atoms with Crippen LogP contribution in [0.15, 0.2) is 36.5 Å². The average molecular weight is 263 g/mol. The van der Waals surface area contributed by atoms with Crippen LogP contribution in [0.4, 0.5) is 21.6 Å². The molecule has 1 aromatic carbocycles. The van der Waals surface area contributed by atoms with E-state index in [1.165, 1.54) is 37.6 Å². The van der Waals surface area contributed by atoms with Gasteiger partial charge in [0.25, 0.3) is 5.69 Å². The average Bonchev–Trinajstić information content (AvgIpc) is 2.38. The van der Waals surface area contributed by atoms with Crippen molar-refractivity contribution >= 4 is 17.2 Å². The Morgan fingerprint density at radius 1 is 1.37 bits per heavy atom. The summed E-state index contributed by atoms with van der Waals surface area (Å²) in [5.74, 6) is 0.113. The second kappa shape index (κ2) is 5.30.